The number of fused-ring (bicyclic) bond motifs is 1. The van der Waals surface area contributed by atoms with E-state index >= 15 is 0 Å². The molecule has 0 fully saturated rings. The van der Waals surface area contributed by atoms with E-state index in [0.717, 1.165) is 10.8 Å². The van der Waals surface area contributed by atoms with Gasteiger partial charge >= 0.3 is 0 Å². The lowest BCUT2D eigenvalue weighted by Crippen LogP contribution is -2.05. The summed E-state index contributed by atoms with van der Waals surface area (Å²) in [6.45, 7) is 0. The Hall–Kier alpha value is -5.62. The lowest BCUT2D eigenvalue weighted by atomic mass is 9.96. The molecule has 0 bridgehead atoms. The zero-order chi connectivity index (χ0) is 29.1. The lowest BCUT2D eigenvalue weighted by Gasteiger charge is -2.12. The quantitative estimate of drug-likeness (QED) is 0.175. The number of rotatable bonds is 8. The molecule has 0 aliphatic heterocycles. The van der Waals surface area contributed by atoms with E-state index in [9.17, 15) is 18.4 Å². The second-order valence-electron chi connectivity index (χ2n) is 9.54. The summed E-state index contributed by atoms with van der Waals surface area (Å²) in [5, 5.41) is 1.57. The number of hydrogen-bond donors (Lipinski definition) is 0. The molecule has 0 aliphatic carbocycles. The van der Waals surface area contributed by atoms with Crippen LogP contribution >= 0.6 is 0 Å². The normalized spacial score (nSPS) is 10.8. The summed E-state index contributed by atoms with van der Waals surface area (Å²) in [5.74, 6) is 0.316. The van der Waals surface area contributed by atoms with E-state index < -0.39 is 0 Å². The lowest BCUT2D eigenvalue weighted by molar-refractivity contribution is 0.102. The monoisotopic (exact) mass is 556 g/mol. The molecule has 0 saturated heterocycles. The van der Waals surface area contributed by atoms with Crippen LogP contribution in [-0.4, -0.2) is 11.6 Å². The fraction of sp³-hybridized carbons (Fsp3) is 0. The summed E-state index contributed by atoms with van der Waals surface area (Å²) >= 11 is 0. The van der Waals surface area contributed by atoms with Crippen molar-refractivity contribution in [2.75, 3.05) is 0 Å². The van der Waals surface area contributed by atoms with Gasteiger partial charge in [0.1, 0.15) is 34.6 Å². The van der Waals surface area contributed by atoms with Crippen LogP contribution in [0.1, 0.15) is 31.8 Å². The van der Waals surface area contributed by atoms with Gasteiger partial charge in [0.05, 0.1) is 11.1 Å². The zero-order valence-electron chi connectivity index (χ0n) is 22.1. The first-order valence-electron chi connectivity index (χ1n) is 13.1. The summed E-state index contributed by atoms with van der Waals surface area (Å²) in [7, 11) is 0. The Balaban J connectivity index is 1.26. The van der Waals surface area contributed by atoms with Crippen LogP contribution in [0, 0.1) is 11.6 Å². The summed E-state index contributed by atoms with van der Waals surface area (Å²) < 4.78 is 38.4. The van der Waals surface area contributed by atoms with Crippen LogP contribution in [0.5, 0.6) is 23.0 Å². The topological polar surface area (TPSA) is 52.6 Å². The largest absolute Gasteiger partial charge is 0.457 e. The second kappa shape index (κ2) is 11.5. The van der Waals surface area contributed by atoms with Crippen LogP contribution in [0.15, 0.2) is 133 Å². The van der Waals surface area contributed by atoms with Gasteiger partial charge in [-0.3, -0.25) is 9.59 Å². The molecule has 6 rings (SSSR count). The highest BCUT2D eigenvalue weighted by molar-refractivity contribution is 6.14. The van der Waals surface area contributed by atoms with Gasteiger partial charge in [-0.1, -0.05) is 48.5 Å². The Morgan fingerprint density at radius 1 is 0.452 bits per heavy atom. The van der Waals surface area contributed by atoms with E-state index in [1.54, 1.807) is 84.9 Å². The molecule has 42 heavy (non-hydrogen) atoms. The van der Waals surface area contributed by atoms with E-state index in [0.29, 0.717) is 45.3 Å². The van der Waals surface area contributed by atoms with Crippen LogP contribution in [-0.2, 0) is 0 Å². The second-order valence-corrected chi connectivity index (χ2v) is 9.54. The van der Waals surface area contributed by atoms with Crippen molar-refractivity contribution >= 4 is 22.3 Å². The summed E-state index contributed by atoms with van der Waals surface area (Å²) in [4.78, 5) is 27.0. The zero-order valence-corrected chi connectivity index (χ0v) is 22.1. The molecule has 0 spiro atoms. The minimum atomic E-state index is -0.379. The highest BCUT2D eigenvalue weighted by Crippen LogP contribution is 2.30. The van der Waals surface area contributed by atoms with Crippen molar-refractivity contribution in [3.05, 3.63) is 167 Å². The van der Waals surface area contributed by atoms with Crippen LogP contribution in [0.4, 0.5) is 8.78 Å². The standard InChI is InChI=1S/C36H22F2O4/c37-27-13-17-29(18-14-27)41-33-7-3-1-5-31(33)35(39)25-11-9-24-22-26(12-10-23(24)21-25)36(40)32-6-2-4-8-34(32)42-30-19-15-28(38)16-20-30/h1-22H. The Morgan fingerprint density at radius 3 is 1.24 bits per heavy atom. The number of carbonyl (C=O) groups excluding carboxylic acids is 2. The van der Waals surface area contributed by atoms with Crippen molar-refractivity contribution in [1.29, 1.82) is 0 Å². The number of ether oxygens (including phenoxy) is 2. The Kier molecular flexibility index (Phi) is 7.26. The van der Waals surface area contributed by atoms with Gasteiger partial charge in [0, 0.05) is 11.1 Å². The highest BCUT2D eigenvalue weighted by Gasteiger charge is 2.18. The molecule has 6 aromatic rings. The van der Waals surface area contributed by atoms with E-state index in [1.165, 1.54) is 48.5 Å². The van der Waals surface area contributed by atoms with Crippen LogP contribution in [0.25, 0.3) is 10.8 Å². The number of ketones is 2. The predicted molar refractivity (Wildman–Crippen MR) is 157 cm³/mol. The number of para-hydroxylation sites is 2. The number of benzene rings is 6. The fourth-order valence-electron chi connectivity index (χ4n) is 4.58. The summed E-state index contributed by atoms with van der Waals surface area (Å²) in [6, 6.07) is 35.5. The van der Waals surface area contributed by atoms with E-state index in [1.807, 2.05) is 0 Å². The maximum Gasteiger partial charge on any atom is 0.196 e. The molecule has 6 aromatic carbocycles. The SMILES string of the molecule is O=C(c1ccc2cc(C(=O)c3ccccc3Oc3ccc(F)cc3)ccc2c1)c1ccccc1Oc1ccc(F)cc1. The average Bonchev–Trinajstić information content (AvgIpc) is 3.02. The van der Waals surface area contributed by atoms with E-state index in [-0.39, 0.29) is 23.2 Å². The minimum Gasteiger partial charge on any atom is -0.457 e. The molecule has 0 atom stereocenters. The summed E-state index contributed by atoms with van der Waals surface area (Å²) in [5.41, 5.74) is 1.64. The van der Waals surface area contributed by atoms with Gasteiger partial charge in [0.25, 0.3) is 0 Å². The average molecular weight is 557 g/mol. The van der Waals surface area contributed by atoms with Gasteiger partial charge in [0.2, 0.25) is 0 Å². The van der Waals surface area contributed by atoms with E-state index in [2.05, 4.69) is 0 Å². The maximum atomic E-state index is 13.5. The van der Waals surface area contributed by atoms with Gasteiger partial charge in [0.15, 0.2) is 11.6 Å². The van der Waals surface area contributed by atoms with Crippen molar-refractivity contribution in [3.63, 3.8) is 0 Å². The van der Waals surface area contributed by atoms with E-state index in [4.69, 9.17) is 9.47 Å². The smallest absolute Gasteiger partial charge is 0.196 e. The highest BCUT2D eigenvalue weighted by atomic mass is 19.1. The Morgan fingerprint density at radius 2 is 0.833 bits per heavy atom. The third-order valence-corrected chi connectivity index (χ3v) is 6.71. The molecule has 0 aromatic heterocycles. The number of hydrogen-bond acceptors (Lipinski definition) is 4. The van der Waals surface area contributed by atoms with Crippen LogP contribution in [0.3, 0.4) is 0 Å². The maximum absolute atomic E-state index is 13.5. The molecule has 0 saturated carbocycles. The van der Waals surface area contributed by atoms with Crippen molar-refractivity contribution in [2.24, 2.45) is 0 Å². The van der Waals surface area contributed by atoms with Crippen LogP contribution in [0.2, 0.25) is 0 Å². The minimum absolute atomic E-state index is 0.235. The molecule has 0 unspecified atom stereocenters. The molecule has 0 aliphatic rings. The first-order chi connectivity index (χ1) is 20.4. The van der Waals surface area contributed by atoms with Crippen molar-refractivity contribution < 1.29 is 27.8 Å². The van der Waals surface area contributed by atoms with Gasteiger partial charge in [-0.2, -0.15) is 0 Å². The first kappa shape index (κ1) is 26.6. The molecule has 204 valence electrons. The predicted octanol–water partition coefficient (Wildman–Crippen LogP) is 9.16. The number of halogens is 2. The third kappa shape index (κ3) is 5.64. The molecule has 0 N–H and O–H groups in total. The first-order valence-corrected chi connectivity index (χ1v) is 13.1. The molecule has 0 heterocycles. The third-order valence-electron chi connectivity index (χ3n) is 6.71. The van der Waals surface area contributed by atoms with Gasteiger partial charge < -0.3 is 9.47 Å². The van der Waals surface area contributed by atoms with Gasteiger partial charge in [-0.05, 0) is 95.7 Å². The molecular formula is C36H22F2O4. The Labute approximate surface area is 240 Å². The van der Waals surface area contributed by atoms with Gasteiger partial charge in [-0.25, -0.2) is 8.78 Å². The number of carbonyl (C=O) groups is 2. The van der Waals surface area contributed by atoms with Crippen molar-refractivity contribution in [1.82, 2.24) is 0 Å². The molecule has 0 amide bonds. The molecule has 6 heteroatoms. The Bertz CT molecular complexity index is 1790. The molecule has 4 nitrogen and oxygen atoms in total. The molecular weight excluding hydrogens is 534 g/mol. The fourth-order valence-corrected chi connectivity index (χ4v) is 4.58. The molecule has 0 radical (unpaired) electrons. The van der Waals surface area contributed by atoms with Gasteiger partial charge in [-0.15, -0.1) is 0 Å². The van der Waals surface area contributed by atoms with Crippen LogP contribution < -0.4 is 9.47 Å². The van der Waals surface area contributed by atoms with Crippen molar-refractivity contribution in [3.8, 4) is 23.0 Å². The van der Waals surface area contributed by atoms with Crippen molar-refractivity contribution in [2.45, 2.75) is 0 Å². The summed E-state index contributed by atoms with van der Waals surface area (Å²) in [6.07, 6.45) is 0.